The maximum Gasteiger partial charge on any atom is 0.266 e. The molecular weight excluding hydrogens is 278 g/mol. The van der Waals surface area contributed by atoms with Crippen molar-refractivity contribution in [3.63, 3.8) is 0 Å². The van der Waals surface area contributed by atoms with Gasteiger partial charge in [-0.25, -0.2) is 4.68 Å². The van der Waals surface area contributed by atoms with Crippen LogP contribution >= 0.6 is 11.8 Å². The van der Waals surface area contributed by atoms with Gasteiger partial charge in [0.05, 0.1) is 11.2 Å². The number of nitrogens with zero attached hydrogens (tertiary/aromatic N) is 5. The van der Waals surface area contributed by atoms with Crippen molar-refractivity contribution >= 4 is 28.9 Å². The van der Waals surface area contributed by atoms with Crippen molar-refractivity contribution in [1.82, 2.24) is 19.8 Å². The van der Waals surface area contributed by atoms with E-state index in [1.165, 1.54) is 29.1 Å². The van der Waals surface area contributed by atoms with E-state index in [-0.39, 0.29) is 5.91 Å². The molecule has 0 bridgehead atoms. The predicted molar refractivity (Wildman–Crippen MR) is 74.5 cm³/mol. The molecule has 3 rings (SSSR count). The molecule has 0 spiro atoms. The fourth-order valence-corrected chi connectivity index (χ4v) is 2.74. The molecule has 3 heterocycles. The highest BCUT2D eigenvalue weighted by molar-refractivity contribution is 8.18. The molecule has 1 aliphatic rings. The molecular formula is C12H11N5O2S. The number of carbonyl (C=O) groups is 1. The van der Waals surface area contributed by atoms with Crippen LogP contribution in [-0.4, -0.2) is 37.4 Å². The topological polar surface area (TPSA) is 76.5 Å². The number of amidine groups is 1. The van der Waals surface area contributed by atoms with Crippen LogP contribution in [0.25, 0.3) is 6.08 Å². The SMILES string of the molecule is CCN1C(=O)/C(=C/c2ccco2)S/C1=N/n1cnnc1. The Hall–Kier alpha value is -2.35. The summed E-state index contributed by atoms with van der Waals surface area (Å²) in [7, 11) is 0. The normalized spacial score (nSPS) is 19.4. The zero-order valence-electron chi connectivity index (χ0n) is 10.6. The average Bonchev–Trinajstić information content (AvgIpc) is 3.15. The summed E-state index contributed by atoms with van der Waals surface area (Å²) in [5.41, 5.74) is 0. The van der Waals surface area contributed by atoms with Gasteiger partial charge >= 0.3 is 0 Å². The van der Waals surface area contributed by atoms with Crippen LogP contribution in [0.2, 0.25) is 0 Å². The van der Waals surface area contributed by atoms with Gasteiger partial charge in [-0.3, -0.25) is 9.69 Å². The molecule has 0 radical (unpaired) electrons. The first-order valence-electron chi connectivity index (χ1n) is 5.96. The summed E-state index contributed by atoms with van der Waals surface area (Å²) in [4.78, 5) is 14.4. The van der Waals surface area contributed by atoms with Crippen LogP contribution in [0, 0.1) is 0 Å². The van der Waals surface area contributed by atoms with Crippen molar-refractivity contribution in [3.8, 4) is 0 Å². The fourth-order valence-electron chi connectivity index (χ4n) is 1.71. The van der Waals surface area contributed by atoms with E-state index in [0.717, 1.165) is 0 Å². The third kappa shape index (κ3) is 2.37. The van der Waals surface area contributed by atoms with E-state index in [0.29, 0.717) is 22.4 Å². The minimum absolute atomic E-state index is 0.0827. The number of rotatable bonds is 3. The molecule has 0 unspecified atom stereocenters. The van der Waals surface area contributed by atoms with Crippen LogP contribution in [0.3, 0.4) is 0 Å². The Morgan fingerprint density at radius 3 is 2.90 bits per heavy atom. The summed E-state index contributed by atoms with van der Waals surface area (Å²) in [6, 6.07) is 3.58. The summed E-state index contributed by atoms with van der Waals surface area (Å²) in [5, 5.41) is 12.3. The number of thioether (sulfide) groups is 1. The smallest absolute Gasteiger partial charge is 0.266 e. The predicted octanol–water partition coefficient (Wildman–Crippen LogP) is 1.63. The Morgan fingerprint density at radius 2 is 2.25 bits per heavy atom. The largest absolute Gasteiger partial charge is 0.465 e. The molecule has 0 saturated carbocycles. The number of likely N-dealkylation sites (N-methyl/N-ethyl adjacent to an activating group) is 1. The van der Waals surface area contributed by atoms with Crippen LogP contribution in [-0.2, 0) is 4.79 Å². The highest BCUT2D eigenvalue weighted by Crippen LogP contribution is 2.32. The summed E-state index contributed by atoms with van der Waals surface area (Å²) < 4.78 is 6.69. The van der Waals surface area contributed by atoms with E-state index in [1.807, 2.05) is 6.92 Å². The Morgan fingerprint density at radius 1 is 1.45 bits per heavy atom. The van der Waals surface area contributed by atoms with Gasteiger partial charge in [0.25, 0.3) is 5.91 Å². The Bertz CT molecular complexity index is 660. The number of hydrogen-bond acceptors (Lipinski definition) is 6. The minimum Gasteiger partial charge on any atom is -0.465 e. The molecule has 1 amide bonds. The monoisotopic (exact) mass is 289 g/mol. The number of carbonyl (C=O) groups excluding carboxylic acids is 1. The first kappa shape index (κ1) is 12.7. The van der Waals surface area contributed by atoms with E-state index in [4.69, 9.17) is 4.42 Å². The number of furan rings is 1. The number of aromatic nitrogens is 3. The van der Waals surface area contributed by atoms with Crippen molar-refractivity contribution in [1.29, 1.82) is 0 Å². The zero-order valence-corrected chi connectivity index (χ0v) is 11.4. The van der Waals surface area contributed by atoms with E-state index < -0.39 is 0 Å². The minimum atomic E-state index is -0.0827. The number of amides is 1. The van der Waals surface area contributed by atoms with Gasteiger partial charge in [0, 0.05) is 12.6 Å². The lowest BCUT2D eigenvalue weighted by atomic mass is 10.3. The van der Waals surface area contributed by atoms with Gasteiger partial charge in [0.2, 0.25) is 0 Å². The van der Waals surface area contributed by atoms with Crippen LogP contribution in [0.15, 0.2) is 45.5 Å². The maximum absolute atomic E-state index is 12.3. The summed E-state index contributed by atoms with van der Waals surface area (Å²) in [6.45, 7) is 2.44. The first-order chi connectivity index (χ1) is 9.78. The molecule has 0 atom stereocenters. The van der Waals surface area contributed by atoms with E-state index in [9.17, 15) is 4.79 Å². The second kappa shape index (κ2) is 5.33. The standard InChI is InChI=1S/C12H11N5O2S/c1-2-17-11(18)10(6-9-4-3-5-19-9)20-12(17)15-16-7-13-14-8-16/h3-8H,2H2,1H3/b10-6-,15-12+. The van der Waals surface area contributed by atoms with Crippen LogP contribution in [0.5, 0.6) is 0 Å². The Balaban J connectivity index is 1.92. The third-order valence-electron chi connectivity index (χ3n) is 2.63. The van der Waals surface area contributed by atoms with Crippen molar-refractivity contribution in [2.24, 2.45) is 5.10 Å². The zero-order chi connectivity index (χ0) is 13.9. The quantitative estimate of drug-likeness (QED) is 0.803. The lowest BCUT2D eigenvalue weighted by molar-refractivity contribution is -0.122. The number of hydrogen-bond donors (Lipinski definition) is 0. The van der Waals surface area contributed by atoms with E-state index >= 15 is 0 Å². The lowest BCUT2D eigenvalue weighted by Crippen LogP contribution is -2.29. The van der Waals surface area contributed by atoms with Gasteiger partial charge in [-0.15, -0.1) is 15.3 Å². The van der Waals surface area contributed by atoms with Gasteiger partial charge in [-0.05, 0) is 30.8 Å². The molecule has 2 aromatic heterocycles. The second-order valence-electron chi connectivity index (χ2n) is 3.90. The van der Waals surface area contributed by atoms with E-state index in [1.54, 1.807) is 29.4 Å². The second-order valence-corrected chi connectivity index (χ2v) is 4.91. The fraction of sp³-hybridized carbons (Fsp3) is 0.167. The highest BCUT2D eigenvalue weighted by atomic mass is 32.2. The first-order valence-corrected chi connectivity index (χ1v) is 6.78. The molecule has 1 fully saturated rings. The lowest BCUT2D eigenvalue weighted by Gasteiger charge is -2.11. The molecule has 0 aromatic carbocycles. The van der Waals surface area contributed by atoms with Gasteiger partial charge in [-0.2, -0.15) is 0 Å². The molecule has 2 aromatic rings. The summed E-state index contributed by atoms with van der Waals surface area (Å²) in [6.07, 6.45) is 6.23. The van der Waals surface area contributed by atoms with Gasteiger partial charge in [-0.1, -0.05) is 0 Å². The van der Waals surface area contributed by atoms with Gasteiger partial charge < -0.3 is 4.42 Å². The molecule has 1 aliphatic heterocycles. The van der Waals surface area contributed by atoms with Crippen molar-refractivity contribution < 1.29 is 9.21 Å². The van der Waals surface area contributed by atoms with Crippen molar-refractivity contribution in [3.05, 3.63) is 41.7 Å². The molecule has 20 heavy (non-hydrogen) atoms. The van der Waals surface area contributed by atoms with Crippen LogP contribution < -0.4 is 0 Å². The molecule has 7 nitrogen and oxygen atoms in total. The molecule has 0 N–H and O–H groups in total. The van der Waals surface area contributed by atoms with Crippen LogP contribution in [0.4, 0.5) is 0 Å². The van der Waals surface area contributed by atoms with Crippen molar-refractivity contribution in [2.75, 3.05) is 6.54 Å². The van der Waals surface area contributed by atoms with Crippen LogP contribution in [0.1, 0.15) is 12.7 Å². The Kier molecular flexibility index (Phi) is 3.38. The highest BCUT2D eigenvalue weighted by Gasteiger charge is 2.32. The molecule has 1 saturated heterocycles. The Labute approximate surface area is 119 Å². The maximum atomic E-state index is 12.3. The summed E-state index contributed by atoms with van der Waals surface area (Å²) >= 11 is 1.30. The third-order valence-corrected chi connectivity index (χ3v) is 3.63. The van der Waals surface area contributed by atoms with Crippen molar-refractivity contribution in [2.45, 2.75) is 6.92 Å². The summed E-state index contributed by atoms with van der Waals surface area (Å²) in [5.74, 6) is 0.558. The van der Waals surface area contributed by atoms with Gasteiger partial charge in [0.15, 0.2) is 5.17 Å². The molecule has 102 valence electrons. The average molecular weight is 289 g/mol. The van der Waals surface area contributed by atoms with Gasteiger partial charge in [0.1, 0.15) is 18.4 Å². The molecule has 0 aliphatic carbocycles. The van der Waals surface area contributed by atoms with E-state index in [2.05, 4.69) is 15.3 Å². The molecule has 8 heteroatoms.